The molecule has 1 rings (SSSR count). The molecular formula is C11H16BrNO3S. The predicted molar refractivity (Wildman–Crippen MR) is 70.8 cm³/mol. The molecule has 0 aliphatic heterocycles. The van der Waals surface area contributed by atoms with Crippen LogP contribution in [0.3, 0.4) is 0 Å². The number of hydrogen-bond donors (Lipinski definition) is 0. The number of hydrogen-bond acceptors (Lipinski definition) is 3. The summed E-state index contributed by atoms with van der Waals surface area (Å²) in [6.07, 6.45) is 0. The van der Waals surface area contributed by atoms with Gasteiger partial charge in [0, 0.05) is 20.7 Å². The first-order chi connectivity index (χ1) is 7.98. The summed E-state index contributed by atoms with van der Waals surface area (Å²) < 4.78 is 30.5. The van der Waals surface area contributed by atoms with Gasteiger partial charge in [0.05, 0.1) is 16.3 Å². The van der Waals surface area contributed by atoms with Crippen LogP contribution in [0, 0.1) is 0 Å². The molecule has 1 aromatic rings. The minimum Gasteiger partial charge on any atom is -0.383 e. The smallest absolute Gasteiger partial charge is 0.242 e. The van der Waals surface area contributed by atoms with Crippen molar-refractivity contribution in [1.29, 1.82) is 0 Å². The van der Waals surface area contributed by atoms with E-state index in [-0.39, 0.29) is 4.83 Å². The van der Waals surface area contributed by atoms with E-state index >= 15 is 0 Å². The van der Waals surface area contributed by atoms with E-state index in [1.54, 1.807) is 44.5 Å². The van der Waals surface area contributed by atoms with Crippen LogP contribution in [-0.2, 0) is 14.8 Å². The lowest BCUT2D eigenvalue weighted by Gasteiger charge is -2.19. The highest BCUT2D eigenvalue weighted by Gasteiger charge is 2.22. The van der Waals surface area contributed by atoms with E-state index in [1.165, 1.54) is 4.31 Å². The van der Waals surface area contributed by atoms with Crippen molar-refractivity contribution in [1.82, 2.24) is 4.31 Å². The van der Waals surface area contributed by atoms with Crippen LogP contribution in [0.15, 0.2) is 35.2 Å². The Bertz CT molecular complexity index is 435. The van der Waals surface area contributed by atoms with Crippen LogP contribution in [0.5, 0.6) is 0 Å². The molecule has 17 heavy (non-hydrogen) atoms. The van der Waals surface area contributed by atoms with E-state index in [0.717, 1.165) is 0 Å². The Morgan fingerprint density at radius 2 is 1.94 bits per heavy atom. The molecule has 96 valence electrons. The molecular weight excluding hydrogens is 306 g/mol. The Labute approximate surface area is 111 Å². The Kier molecular flexibility index (Phi) is 5.58. The lowest BCUT2D eigenvalue weighted by atomic mass is 10.4. The fraction of sp³-hybridized carbons (Fsp3) is 0.455. The van der Waals surface area contributed by atoms with Gasteiger partial charge in [0.25, 0.3) is 0 Å². The highest BCUT2D eigenvalue weighted by atomic mass is 79.9. The van der Waals surface area contributed by atoms with Crippen molar-refractivity contribution in [3.63, 3.8) is 0 Å². The van der Waals surface area contributed by atoms with Gasteiger partial charge in [0.15, 0.2) is 0 Å². The van der Waals surface area contributed by atoms with Crippen LogP contribution in [0.2, 0.25) is 0 Å². The van der Waals surface area contributed by atoms with Gasteiger partial charge in [-0.25, -0.2) is 8.42 Å². The molecule has 1 unspecified atom stereocenters. The molecule has 0 saturated carbocycles. The van der Waals surface area contributed by atoms with E-state index in [4.69, 9.17) is 4.74 Å². The molecule has 1 atom stereocenters. The van der Waals surface area contributed by atoms with E-state index < -0.39 is 10.0 Å². The summed E-state index contributed by atoms with van der Waals surface area (Å²) >= 11 is 3.37. The fourth-order valence-corrected chi connectivity index (χ4v) is 3.51. The Balaban J connectivity index is 2.78. The first kappa shape index (κ1) is 14.6. The van der Waals surface area contributed by atoms with Crippen molar-refractivity contribution < 1.29 is 13.2 Å². The van der Waals surface area contributed by atoms with Crippen LogP contribution in [0.25, 0.3) is 0 Å². The second-order valence-electron chi connectivity index (χ2n) is 3.65. The third-order valence-electron chi connectivity index (χ3n) is 2.25. The molecule has 4 nitrogen and oxygen atoms in total. The lowest BCUT2D eigenvalue weighted by Crippen LogP contribution is -2.33. The number of benzene rings is 1. The summed E-state index contributed by atoms with van der Waals surface area (Å²) in [4.78, 5) is 0.288. The van der Waals surface area contributed by atoms with Crippen molar-refractivity contribution in [2.45, 2.75) is 9.72 Å². The summed E-state index contributed by atoms with van der Waals surface area (Å²) in [6.45, 7) is 0.833. The van der Waals surface area contributed by atoms with Gasteiger partial charge in [0.1, 0.15) is 0 Å². The lowest BCUT2D eigenvalue weighted by molar-refractivity contribution is 0.195. The molecule has 0 aliphatic carbocycles. The van der Waals surface area contributed by atoms with Crippen LogP contribution in [0.1, 0.15) is 0 Å². The van der Waals surface area contributed by atoms with E-state index in [9.17, 15) is 8.42 Å². The molecule has 1 aromatic carbocycles. The summed E-state index contributed by atoms with van der Waals surface area (Å²) in [5.74, 6) is 0. The van der Waals surface area contributed by atoms with E-state index in [0.29, 0.717) is 18.0 Å². The van der Waals surface area contributed by atoms with Gasteiger partial charge in [-0.3, -0.25) is 0 Å². The fourth-order valence-electron chi connectivity index (χ4n) is 1.38. The Morgan fingerprint density at radius 1 is 1.35 bits per heavy atom. The maximum absolute atomic E-state index is 12.1. The number of halogens is 1. The van der Waals surface area contributed by atoms with Gasteiger partial charge >= 0.3 is 0 Å². The quantitative estimate of drug-likeness (QED) is 0.749. The number of methoxy groups -OCH3 is 1. The number of ether oxygens (including phenoxy) is 1. The molecule has 0 N–H and O–H groups in total. The molecule has 0 fully saturated rings. The molecule has 0 radical (unpaired) electrons. The van der Waals surface area contributed by atoms with Crippen molar-refractivity contribution >= 4 is 26.0 Å². The Hall–Kier alpha value is -0.430. The summed E-state index contributed by atoms with van der Waals surface area (Å²) in [6, 6.07) is 8.39. The van der Waals surface area contributed by atoms with E-state index in [2.05, 4.69) is 15.9 Å². The number of alkyl halides is 1. The zero-order valence-corrected chi connectivity index (χ0v) is 12.2. The molecule has 0 spiro atoms. The van der Waals surface area contributed by atoms with Crippen molar-refractivity contribution in [2.24, 2.45) is 0 Å². The summed E-state index contributed by atoms with van der Waals surface area (Å²) in [5.41, 5.74) is 0. The highest BCUT2D eigenvalue weighted by Crippen LogP contribution is 2.15. The first-order valence-corrected chi connectivity index (χ1v) is 7.48. The van der Waals surface area contributed by atoms with Crippen LogP contribution >= 0.6 is 15.9 Å². The van der Waals surface area contributed by atoms with Crippen molar-refractivity contribution in [2.75, 3.05) is 27.3 Å². The standard InChI is InChI=1S/C11H16BrNO3S/c1-13(8-10(12)9-16-2)17(14,15)11-6-4-3-5-7-11/h3-7,10H,8-9H2,1-2H3. The maximum Gasteiger partial charge on any atom is 0.242 e. The highest BCUT2D eigenvalue weighted by molar-refractivity contribution is 9.09. The second kappa shape index (κ2) is 6.49. The molecule has 0 aliphatic rings. The van der Waals surface area contributed by atoms with Gasteiger partial charge in [0.2, 0.25) is 10.0 Å². The van der Waals surface area contributed by atoms with Crippen molar-refractivity contribution in [3.8, 4) is 0 Å². The Morgan fingerprint density at radius 3 is 2.47 bits per heavy atom. The third kappa shape index (κ3) is 4.06. The SMILES string of the molecule is COCC(Br)CN(C)S(=O)(=O)c1ccccc1. The average molecular weight is 322 g/mol. The largest absolute Gasteiger partial charge is 0.383 e. The summed E-state index contributed by atoms with van der Waals surface area (Å²) in [5, 5.41) is 0. The van der Waals surface area contributed by atoms with Crippen LogP contribution in [-0.4, -0.2) is 44.9 Å². The molecule has 0 bridgehead atoms. The summed E-state index contributed by atoms with van der Waals surface area (Å²) in [7, 11) is -0.260. The molecule has 6 heteroatoms. The molecule has 0 heterocycles. The van der Waals surface area contributed by atoms with Crippen LogP contribution < -0.4 is 0 Å². The second-order valence-corrected chi connectivity index (χ2v) is 6.99. The van der Waals surface area contributed by atoms with Gasteiger partial charge < -0.3 is 4.74 Å². The number of nitrogens with zero attached hydrogens (tertiary/aromatic N) is 1. The molecule has 0 amide bonds. The normalized spacial score (nSPS) is 13.9. The van der Waals surface area contributed by atoms with Gasteiger partial charge in [-0.2, -0.15) is 4.31 Å². The monoisotopic (exact) mass is 321 g/mol. The molecule has 0 saturated heterocycles. The number of sulfonamides is 1. The van der Waals surface area contributed by atoms with Gasteiger partial charge in [-0.05, 0) is 12.1 Å². The zero-order valence-electron chi connectivity index (χ0n) is 9.84. The van der Waals surface area contributed by atoms with Gasteiger partial charge in [-0.1, -0.05) is 34.1 Å². The average Bonchev–Trinajstić information content (AvgIpc) is 2.30. The van der Waals surface area contributed by atoms with Crippen LogP contribution in [0.4, 0.5) is 0 Å². The van der Waals surface area contributed by atoms with Crippen molar-refractivity contribution in [3.05, 3.63) is 30.3 Å². The molecule has 0 aromatic heterocycles. The number of rotatable bonds is 6. The maximum atomic E-state index is 12.1. The predicted octanol–water partition coefficient (Wildman–Crippen LogP) is 1.72. The van der Waals surface area contributed by atoms with E-state index in [1.807, 2.05) is 0 Å². The van der Waals surface area contributed by atoms with Gasteiger partial charge in [-0.15, -0.1) is 0 Å². The topological polar surface area (TPSA) is 46.6 Å². The minimum atomic E-state index is -3.40. The minimum absolute atomic E-state index is 0.0176. The first-order valence-electron chi connectivity index (χ1n) is 5.13. The zero-order chi connectivity index (χ0) is 12.9. The third-order valence-corrected chi connectivity index (χ3v) is 4.65.